The lowest BCUT2D eigenvalue weighted by atomic mass is 10.1. The Morgan fingerprint density at radius 3 is 2.95 bits per heavy atom. The molecule has 0 radical (unpaired) electrons. The number of rotatable bonds is 7. The van der Waals surface area contributed by atoms with Crippen molar-refractivity contribution in [3.8, 4) is 5.75 Å². The van der Waals surface area contributed by atoms with Gasteiger partial charge in [0.05, 0.1) is 6.61 Å². The molecule has 1 aliphatic heterocycles. The van der Waals surface area contributed by atoms with Gasteiger partial charge in [-0.25, -0.2) is 0 Å². The first kappa shape index (κ1) is 15.2. The molecule has 2 rings (SSSR count). The fourth-order valence-electron chi connectivity index (χ4n) is 2.27. The molecule has 0 fully saturated rings. The van der Waals surface area contributed by atoms with Crippen LogP contribution in [0.1, 0.15) is 26.7 Å². The number of ether oxygens (including phenoxy) is 2. The smallest absolute Gasteiger partial charge is 0.121 e. The summed E-state index contributed by atoms with van der Waals surface area (Å²) in [6.07, 6.45) is 4.17. The van der Waals surface area contributed by atoms with Crippen molar-refractivity contribution in [2.45, 2.75) is 38.8 Å². The predicted molar refractivity (Wildman–Crippen MR) is 82.3 cm³/mol. The molecule has 1 aliphatic rings. The molecule has 1 heterocycles. The highest BCUT2D eigenvalue weighted by molar-refractivity contribution is 6.30. The van der Waals surface area contributed by atoms with Crippen molar-refractivity contribution in [2.24, 2.45) is 0 Å². The highest BCUT2D eigenvalue weighted by Gasteiger charge is 2.25. The summed E-state index contributed by atoms with van der Waals surface area (Å²) in [5, 5.41) is 4.18. The molecule has 1 N–H and O–H groups in total. The van der Waals surface area contributed by atoms with Crippen LogP contribution in [0.15, 0.2) is 36.1 Å². The number of benzene rings is 1. The van der Waals surface area contributed by atoms with Gasteiger partial charge in [-0.3, -0.25) is 0 Å². The van der Waals surface area contributed by atoms with Crippen molar-refractivity contribution in [3.05, 3.63) is 41.1 Å². The van der Waals surface area contributed by atoms with Crippen molar-refractivity contribution in [1.29, 1.82) is 0 Å². The average Bonchev–Trinajstić information content (AvgIpc) is 2.93. The molecular weight excluding hydrogens is 274 g/mol. The van der Waals surface area contributed by atoms with Crippen LogP contribution in [0.5, 0.6) is 5.75 Å². The Kier molecular flexibility index (Phi) is 5.74. The van der Waals surface area contributed by atoms with E-state index in [-0.39, 0.29) is 12.1 Å². The van der Waals surface area contributed by atoms with Crippen LogP contribution < -0.4 is 10.1 Å². The second kappa shape index (κ2) is 7.55. The van der Waals surface area contributed by atoms with Crippen LogP contribution in [0.3, 0.4) is 0 Å². The summed E-state index contributed by atoms with van der Waals surface area (Å²) in [6, 6.07) is 7.57. The monoisotopic (exact) mass is 295 g/mol. The fraction of sp³-hybridized carbons (Fsp3) is 0.500. The van der Waals surface area contributed by atoms with Crippen LogP contribution in [0, 0.1) is 0 Å². The van der Waals surface area contributed by atoms with Gasteiger partial charge in [0.25, 0.3) is 0 Å². The van der Waals surface area contributed by atoms with Crippen molar-refractivity contribution >= 4 is 11.6 Å². The first-order chi connectivity index (χ1) is 9.70. The van der Waals surface area contributed by atoms with Crippen molar-refractivity contribution in [1.82, 2.24) is 5.32 Å². The van der Waals surface area contributed by atoms with Gasteiger partial charge in [0, 0.05) is 11.4 Å². The first-order valence-corrected chi connectivity index (χ1v) is 7.57. The Balaban J connectivity index is 2.03. The van der Waals surface area contributed by atoms with Crippen LogP contribution in [-0.4, -0.2) is 25.3 Å². The standard InChI is InChI=1S/C16H22ClNO2/c1-3-9-18-16(15-8-5-10-19-15)12(2)20-14-7-4-6-13(17)11-14/h4,6-8,11-12,16,18H,3,5,9-10H2,1-2H3. The third kappa shape index (κ3) is 4.15. The van der Waals surface area contributed by atoms with Gasteiger partial charge in [-0.2, -0.15) is 0 Å². The van der Waals surface area contributed by atoms with Crippen molar-refractivity contribution in [2.75, 3.05) is 13.2 Å². The molecule has 110 valence electrons. The Bertz CT molecular complexity index is 462. The van der Waals surface area contributed by atoms with E-state index >= 15 is 0 Å². The number of hydrogen-bond acceptors (Lipinski definition) is 3. The maximum absolute atomic E-state index is 6.00. The molecule has 2 atom stereocenters. The number of halogens is 1. The molecule has 1 aromatic rings. The Morgan fingerprint density at radius 1 is 1.45 bits per heavy atom. The van der Waals surface area contributed by atoms with E-state index in [1.807, 2.05) is 24.3 Å². The van der Waals surface area contributed by atoms with Gasteiger partial charge in [-0.15, -0.1) is 0 Å². The second-order valence-electron chi connectivity index (χ2n) is 4.96. The summed E-state index contributed by atoms with van der Waals surface area (Å²) < 4.78 is 11.7. The summed E-state index contributed by atoms with van der Waals surface area (Å²) in [4.78, 5) is 0. The van der Waals surface area contributed by atoms with Gasteiger partial charge >= 0.3 is 0 Å². The van der Waals surface area contributed by atoms with Crippen LogP contribution >= 0.6 is 11.6 Å². The van der Waals surface area contributed by atoms with Crippen LogP contribution in [-0.2, 0) is 4.74 Å². The second-order valence-corrected chi connectivity index (χ2v) is 5.39. The molecule has 0 bridgehead atoms. The topological polar surface area (TPSA) is 30.5 Å². The number of hydrogen-bond donors (Lipinski definition) is 1. The number of nitrogens with one attached hydrogen (secondary N) is 1. The van der Waals surface area contributed by atoms with E-state index in [0.29, 0.717) is 5.02 Å². The minimum Gasteiger partial charge on any atom is -0.496 e. The zero-order chi connectivity index (χ0) is 14.4. The molecule has 2 unspecified atom stereocenters. The van der Waals surface area contributed by atoms with E-state index in [1.54, 1.807) is 0 Å². The lowest BCUT2D eigenvalue weighted by Crippen LogP contribution is -2.43. The fourth-order valence-corrected chi connectivity index (χ4v) is 2.45. The minimum atomic E-state index is -0.0237. The Morgan fingerprint density at radius 2 is 2.30 bits per heavy atom. The summed E-state index contributed by atoms with van der Waals surface area (Å²) in [6.45, 7) is 5.91. The highest BCUT2D eigenvalue weighted by atomic mass is 35.5. The van der Waals surface area contributed by atoms with Gasteiger partial charge in [-0.1, -0.05) is 24.6 Å². The summed E-state index contributed by atoms with van der Waals surface area (Å²) >= 11 is 5.99. The lowest BCUT2D eigenvalue weighted by Gasteiger charge is -2.26. The summed E-state index contributed by atoms with van der Waals surface area (Å²) in [5.41, 5.74) is 0. The molecule has 0 spiro atoms. The average molecular weight is 296 g/mol. The molecule has 0 aliphatic carbocycles. The van der Waals surface area contributed by atoms with Crippen molar-refractivity contribution in [3.63, 3.8) is 0 Å². The Hall–Kier alpha value is -1.19. The van der Waals surface area contributed by atoms with Gasteiger partial charge in [0.2, 0.25) is 0 Å². The normalized spacial score (nSPS) is 17.2. The maximum Gasteiger partial charge on any atom is 0.121 e. The molecule has 0 saturated carbocycles. The zero-order valence-corrected chi connectivity index (χ0v) is 12.8. The van der Waals surface area contributed by atoms with Crippen molar-refractivity contribution < 1.29 is 9.47 Å². The predicted octanol–water partition coefficient (Wildman–Crippen LogP) is 3.78. The van der Waals surface area contributed by atoms with Gasteiger partial charge < -0.3 is 14.8 Å². The maximum atomic E-state index is 6.00. The molecule has 4 heteroatoms. The largest absolute Gasteiger partial charge is 0.496 e. The Labute approximate surface area is 125 Å². The molecule has 0 amide bonds. The van der Waals surface area contributed by atoms with E-state index in [9.17, 15) is 0 Å². The lowest BCUT2D eigenvalue weighted by molar-refractivity contribution is 0.135. The van der Waals surface area contributed by atoms with Gasteiger partial charge in [0.1, 0.15) is 23.7 Å². The van der Waals surface area contributed by atoms with E-state index in [1.165, 1.54) is 0 Å². The molecule has 3 nitrogen and oxygen atoms in total. The molecular formula is C16H22ClNO2. The quantitative estimate of drug-likeness (QED) is 0.830. The first-order valence-electron chi connectivity index (χ1n) is 7.19. The van der Waals surface area contributed by atoms with E-state index in [4.69, 9.17) is 21.1 Å². The molecule has 1 aromatic carbocycles. The summed E-state index contributed by atoms with van der Waals surface area (Å²) in [5.74, 6) is 1.78. The van der Waals surface area contributed by atoms with Crippen LogP contribution in [0.2, 0.25) is 5.02 Å². The third-order valence-corrected chi connectivity index (χ3v) is 3.48. The van der Waals surface area contributed by atoms with E-state index in [0.717, 1.165) is 37.5 Å². The van der Waals surface area contributed by atoms with E-state index in [2.05, 4.69) is 25.2 Å². The molecule has 20 heavy (non-hydrogen) atoms. The molecule has 0 aromatic heterocycles. The zero-order valence-electron chi connectivity index (χ0n) is 12.1. The van der Waals surface area contributed by atoms with Crippen LogP contribution in [0.4, 0.5) is 0 Å². The van der Waals surface area contributed by atoms with Gasteiger partial charge in [0.15, 0.2) is 0 Å². The highest BCUT2D eigenvalue weighted by Crippen LogP contribution is 2.22. The summed E-state index contributed by atoms with van der Waals surface area (Å²) in [7, 11) is 0. The third-order valence-electron chi connectivity index (χ3n) is 3.24. The van der Waals surface area contributed by atoms with Crippen LogP contribution in [0.25, 0.3) is 0 Å². The van der Waals surface area contributed by atoms with E-state index < -0.39 is 0 Å². The minimum absolute atomic E-state index is 0.0237. The van der Waals surface area contributed by atoms with Gasteiger partial charge in [-0.05, 0) is 44.2 Å². The molecule has 0 saturated heterocycles. The SMILES string of the molecule is CCCNC(C1=CCCO1)C(C)Oc1cccc(Cl)c1.